The van der Waals surface area contributed by atoms with Crippen molar-refractivity contribution in [3.63, 3.8) is 0 Å². The van der Waals surface area contributed by atoms with E-state index in [1.54, 1.807) is 11.3 Å². The lowest BCUT2D eigenvalue weighted by Gasteiger charge is -2.27. The van der Waals surface area contributed by atoms with E-state index in [9.17, 15) is 9.90 Å². The molecule has 0 bridgehead atoms. The minimum atomic E-state index is -0.517. The highest BCUT2D eigenvalue weighted by molar-refractivity contribution is 7.17. The zero-order chi connectivity index (χ0) is 16.9. The maximum absolute atomic E-state index is 12.1. The fourth-order valence-corrected chi connectivity index (χ4v) is 4.18. The van der Waals surface area contributed by atoms with Crippen molar-refractivity contribution in [1.29, 1.82) is 0 Å². The second kappa shape index (κ2) is 7.96. The summed E-state index contributed by atoms with van der Waals surface area (Å²) in [5.41, 5.74) is 1.12. The summed E-state index contributed by atoms with van der Waals surface area (Å²) >= 11 is 1.68. The van der Waals surface area contributed by atoms with E-state index in [2.05, 4.69) is 28.1 Å². The molecule has 1 aromatic carbocycles. The number of aliphatic hydroxyl groups is 1. The molecule has 0 aliphatic carbocycles. The smallest absolute Gasteiger partial charge is 0.315 e. The zero-order valence-corrected chi connectivity index (χ0v) is 14.6. The Balaban J connectivity index is 1.51. The van der Waals surface area contributed by atoms with Crippen LogP contribution in [0.25, 0.3) is 10.1 Å². The van der Waals surface area contributed by atoms with Crippen LogP contribution in [0.15, 0.2) is 29.6 Å². The van der Waals surface area contributed by atoms with Crippen LogP contribution in [-0.4, -0.2) is 37.0 Å². The van der Waals surface area contributed by atoms with Gasteiger partial charge in [-0.15, -0.1) is 11.3 Å². The molecule has 2 amide bonds. The van der Waals surface area contributed by atoms with Crippen LogP contribution in [0, 0.1) is 5.92 Å². The van der Waals surface area contributed by atoms with Gasteiger partial charge >= 0.3 is 6.03 Å². The number of rotatable bonds is 5. The summed E-state index contributed by atoms with van der Waals surface area (Å²) < 4.78 is 6.51. The van der Waals surface area contributed by atoms with Gasteiger partial charge in [-0.25, -0.2) is 4.79 Å². The number of hydrogen-bond acceptors (Lipinski definition) is 4. The lowest BCUT2D eigenvalue weighted by molar-refractivity contribution is 0.00949. The number of urea groups is 1. The molecule has 0 spiro atoms. The number of carbonyl (C=O) groups excluding carboxylic acids is 1. The Kier molecular flexibility index (Phi) is 5.71. The standard InChI is InChI=1S/C18H24N2O3S/c1-12(15-11-24-17-5-3-2-4-14(15)17)20-18(22)19-10-16(21)13-6-8-23-9-7-13/h2-5,11-13,16,21H,6-10H2,1H3,(H2,19,20,22)/t12-,16+/m1/s1. The van der Waals surface area contributed by atoms with Gasteiger partial charge in [-0.1, -0.05) is 18.2 Å². The summed E-state index contributed by atoms with van der Waals surface area (Å²) in [4.78, 5) is 12.1. The van der Waals surface area contributed by atoms with Crippen molar-refractivity contribution in [2.45, 2.75) is 31.9 Å². The predicted molar refractivity (Wildman–Crippen MR) is 96.3 cm³/mol. The number of aliphatic hydroxyl groups excluding tert-OH is 1. The van der Waals surface area contributed by atoms with Crippen molar-refractivity contribution < 1.29 is 14.6 Å². The third-order valence-corrected chi connectivity index (χ3v) is 5.59. The fraction of sp³-hybridized carbons (Fsp3) is 0.500. The van der Waals surface area contributed by atoms with E-state index in [0.29, 0.717) is 13.2 Å². The van der Waals surface area contributed by atoms with Crippen molar-refractivity contribution in [2.24, 2.45) is 5.92 Å². The summed E-state index contributed by atoms with van der Waals surface area (Å²) in [6.45, 7) is 3.63. The van der Waals surface area contributed by atoms with E-state index in [4.69, 9.17) is 4.74 Å². The van der Waals surface area contributed by atoms with Gasteiger partial charge in [0.2, 0.25) is 0 Å². The van der Waals surface area contributed by atoms with E-state index in [0.717, 1.165) is 18.4 Å². The normalized spacial score (nSPS) is 18.2. The van der Waals surface area contributed by atoms with Crippen LogP contribution in [0.4, 0.5) is 4.79 Å². The fourth-order valence-electron chi connectivity index (χ4n) is 3.12. The van der Waals surface area contributed by atoms with Crippen LogP contribution in [0.1, 0.15) is 31.4 Å². The molecule has 5 nitrogen and oxygen atoms in total. The third-order valence-electron chi connectivity index (χ3n) is 4.61. The molecular weight excluding hydrogens is 324 g/mol. The SMILES string of the molecule is C[C@@H](NC(=O)NC[C@H](O)C1CCOCC1)c1csc2ccccc12. The van der Waals surface area contributed by atoms with Crippen LogP contribution >= 0.6 is 11.3 Å². The van der Waals surface area contributed by atoms with Gasteiger partial charge in [0, 0.05) is 24.5 Å². The van der Waals surface area contributed by atoms with Crippen molar-refractivity contribution in [3.05, 3.63) is 35.2 Å². The second-order valence-electron chi connectivity index (χ2n) is 6.28. The Bertz CT molecular complexity index is 682. The van der Waals surface area contributed by atoms with Crippen LogP contribution in [-0.2, 0) is 4.74 Å². The molecule has 1 aromatic heterocycles. The molecule has 1 saturated heterocycles. The second-order valence-corrected chi connectivity index (χ2v) is 7.19. The summed E-state index contributed by atoms with van der Waals surface area (Å²) in [7, 11) is 0. The molecule has 3 N–H and O–H groups in total. The van der Waals surface area contributed by atoms with Gasteiger partial charge in [-0.3, -0.25) is 0 Å². The van der Waals surface area contributed by atoms with Crippen LogP contribution in [0.5, 0.6) is 0 Å². The Labute approximate surface area is 146 Å². The number of thiophene rings is 1. The lowest BCUT2D eigenvalue weighted by atomic mass is 9.94. The molecular formula is C18H24N2O3S. The maximum Gasteiger partial charge on any atom is 0.315 e. The number of hydrogen-bond donors (Lipinski definition) is 3. The molecule has 1 aliphatic rings. The lowest BCUT2D eigenvalue weighted by Crippen LogP contribution is -2.43. The summed E-state index contributed by atoms with van der Waals surface area (Å²) in [5, 5.41) is 19.2. The Hall–Kier alpha value is -1.63. The van der Waals surface area contributed by atoms with Gasteiger partial charge in [-0.05, 0) is 48.1 Å². The zero-order valence-electron chi connectivity index (χ0n) is 13.8. The van der Waals surface area contributed by atoms with Crippen LogP contribution in [0.2, 0.25) is 0 Å². The molecule has 0 unspecified atom stereocenters. The monoisotopic (exact) mass is 348 g/mol. The largest absolute Gasteiger partial charge is 0.391 e. The van der Waals surface area contributed by atoms with Crippen LogP contribution in [0.3, 0.4) is 0 Å². The molecule has 24 heavy (non-hydrogen) atoms. The highest BCUT2D eigenvalue weighted by atomic mass is 32.1. The Morgan fingerprint density at radius 3 is 2.92 bits per heavy atom. The summed E-state index contributed by atoms with van der Waals surface area (Å²) in [6.07, 6.45) is 1.18. The predicted octanol–water partition coefficient (Wildman–Crippen LogP) is 3.05. The molecule has 6 heteroatoms. The first-order valence-corrected chi connectivity index (χ1v) is 9.29. The minimum absolute atomic E-state index is 0.0821. The molecule has 0 saturated carbocycles. The first-order valence-electron chi connectivity index (χ1n) is 8.41. The van der Waals surface area contributed by atoms with Gasteiger partial charge in [0.25, 0.3) is 0 Å². The van der Waals surface area contributed by atoms with E-state index >= 15 is 0 Å². The number of fused-ring (bicyclic) bond motifs is 1. The van der Waals surface area contributed by atoms with E-state index in [1.807, 2.05) is 19.1 Å². The number of carbonyl (C=O) groups is 1. The molecule has 130 valence electrons. The highest BCUT2D eigenvalue weighted by Gasteiger charge is 2.22. The first kappa shape index (κ1) is 17.2. The first-order chi connectivity index (χ1) is 11.6. The molecule has 3 rings (SSSR count). The number of nitrogens with one attached hydrogen (secondary N) is 2. The molecule has 2 heterocycles. The topological polar surface area (TPSA) is 70.6 Å². The van der Waals surface area contributed by atoms with E-state index < -0.39 is 6.10 Å². The molecule has 2 aromatic rings. The van der Waals surface area contributed by atoms with E-state index in [-0.39, 0.29) is 24.5 Å². The quantitative estimate of drug-likeness (QED) is 0.778. The van der Waals surface area contributed by atoms with Gasteiger partial charge in [-0.2, -0.15) is 0 Å². The van der Waals surface area contributed by atoms with Crippen molar-refractivity contribution in [1.82, 2.24) is 10.6 Å². The van der Waals surface area contributed by atoms with Crippen molar-refractivity contribution in [3.8, 4) is 0 Å². The van der Waals surface area contributed by atoms with Crippen LogP contribution < -0.4 is 10.6 Å². The molecule has 1 aliphatic heterocycles. The van der Waals surface area contributed by atoms with Gasteiger partial charge in [0.05, 0.1) is 12.1 Å². The third kappa shape index (κ3) is 4.06. The minimum Gasteiger partial charge on any atom is -0.391 e. The highest BCUT2D eigenvalue weighted by Crippen LogP contribution is 2.29. The van der Waals surface area contributed by atoms with E-state index in [1.165, 1.54) is 10.1 Å². The molecule has 0 radical (unpaired) electrons. The van der Waals surface area contributed by atoms with Gasteiger partial charge in [0.1, 0.15) is 0 Å². The Morgan fingerprint density at radius 2 is 2.12 bits per heavy atom. The average Bonchev–Trinajstić information content (AvgIpc) is 3.04. The molecule has 2 atom stereocenters. The van der Waals surface area contributed by atoms with Crippen molar-refractivity contribution in [2.75, 3.05) is 19.8 Å². The average molecular weight is 348 g/mol. The Morgan fingerprint density at radius 1 is 1.38 bits per heavy atom. The van der Waals surface area contributed by atoms with Crippen molar-refractivity contribution >= 4 is 27.5 Å². The summed E-state index contributed by atoms with van der Waals surface area (Å²) in [5.74, 6) is 0.206. The van der Waals surface area contributed by atoms with Gasteiger partial charge < -0.3 is 20.5 Å². The number of ether oxygens (including phenoxy) is 1. The molecule has 1 fully saturated rings. The maximum atomic E-state index is 12.1. The summed E-state index contributed by atoms with van der Waals surface area (Å²) in [6, 6.07) is 7.86. The van der Waals surface area contributed by atoms with Gasteiger partial charge in [0.15, 0.2) is 0 Å². The number of amides is 2. The number of benzene rings is 1.